The molecular formula is C13H11Cl2NO. The number of halogens is 2. The summed E-state index contributed by atoms with van der Waals surface area (Å²) in [6.45, 7) is -0.0264. The van der Waals surface area contributed by atoms with Gasteiger partial charge in [0, 0.05) is 22.7 Å². The first kappa shape index (κ1) is 12.4. The number of benzene rings is 1. The Morgan fingerprint density at radius 2 is 1.94 bits per heavy atom. The molecule has 0 aliphatic heterocycles. The maximum absolute atomic E-state index is 9.22. The van der Waals surface area contributed by atoms with Gasteiger partial charge in [-0.15, -0.1) is 0 Å². The predicted molar refractivity (Wildman–Crippen MR) is 69.4 cm³/mol. The normalized spacial score (nSPS) is 10.5. The van der Waals surface area contributed by atoms with Crippen LogP contribution >= 0.6 is 23.2 Å². The molecule has 0 unspecified atom stereocenters. The summed E-state index contributed by atoms with van der Waals surface area (Å²) >= 11 is 12.0. The molecule has 0 fully saturated rings. The Balaban J connectivity index is 2.34. The minimum Gasteiger partial charge on any atom is -0.392 e. The molecule has 2 nitrogen and oxygen atoms in total. The third-order valence-electron chi connectivity index (χ3n) is 2.52. The van der Waals surface area contributed by atoms with Gasteiger partial charge >= 0.3 is 0 Å². The van der Waals surface area contributed by atoms with Gasteiger partial charge in [-0.1, -0.05) is 29.3 Å². The maximum atomic E-state index is 9.22. The van der Waals surface area contributed by atoms with E-state index in [-0.39, 0.29) is 6.61 Å². The number of aliphatic hydroxyl groups is 1. The van der Waals surface area contributed by atoms with Crippen LogP contribution in [0, 0.1) is 0 Å². The van der Waals surface area contributed by atoms with Crippen molar-refractivity contribution in [3.05, 3.63) is 63.4 Å². The Hall–Kier alpha value is -1.09. The number of nitrogens with zero attached hydrogens (tertiary/aromatic N) is 1. The molecule has 4 heteroatoms. The van der Waals surface area contributed by atoms with Gasteiger partial charge in [-0.2, -0.15) is 0 Å². The molecule has 88 valence electrons. The fourth-order valence-corrected chi connectivity index (χ4v) is 2.01. The number of hydrogen-bond donors (Lipinski definition) is 1. The lowest BCUT2D eigenvalue weighted by Crippen LogP contribution is -1.99. The van der Waals surface area contributed by atoms with Gasteiger partial charge in [-0.05, 0) is 35.4 Å². The summed E-state index contributed by atoms with van der Waals surface area (Å²) in [6, 6.07) is 8.98. The molecule has 0 saturated heterocycles. The quantitative estimate of drug-likeness (QED) is 0.924. The van der Waals surface area contributed by atoms with Crippen LogP contribution in [0.4, 0.5) is 0 Å². The van der Waals surface area contributed by atoms with Crippen LogP contribution in [0.2, 0.25) is 10.0 Å². The first-order valence-corrected chi connectivity index (χ1v) is 5.94. The van der Waals surface area contributed by atoms with Gasteiger partial charge in [0.2, 0.25) is 0 Å². The highest BCUT2D eigenvalue weighted by molar-refractivity contribution is 6.33. The van der Waals surface area contributed by atoms with Gasteiger partial charge in [0.05, 0.1) is 12.3 Å². The zero-order valence-electron chi connectivity index (χ0n) is 9.03. The molecule has 0 amide bonds. The Morgan fingerprint density at radius 1 is 1.12 bits per heavy atom. The Bertz CT molecular complexity index is 529. The molecule has 17 heavy (non-hydrogen) atoms. The molecule has 0 bridgehead atoms. The number of aromatic nitrogens is 1. The lowest BCUT2D eigenvalue weighted by atomic mass is 10.1. The summed E-state index contributed by atoms with van der Waals surface area (Å²) in [5, 5.41) is 10.5. The van der Waals surface area contributed by atoms with Crippen LogP contribution < -0.4 is 0 Å². The van der Waals surface area contributed by atoms with Crippen molar-refractivity contribution in [2.24, 2.45) is 0 Å². The zero-order chi connectivity index (χ0) is 12.3. The van der Waals surface area contributed by atoms with Crippen molar-refractivity contribution >= 4 is 23.2 Å². The van der Waals surface area contributed by atoms with Crippen LogP contribution in [0.3, 0.4) is 0 Å². The summed E-state index contributed by atoms with van der Waals surface area (Å²) < 4.78 is 0. The van der Waals surface area contributed by atoms with Crippen molar-refractivity contribution in [3.8, 4) is 0 Å². The maximum Gasteiger partial charge on any atom is 0.0699 e. The van der Waals surface area contributed by atoms with E-state index in [1.165, 1.54) is 0 Å². The SMILES string of the molecule is OCc1cccnc1Cc1cc(Cl)ccc1Cl. The minimum atomic E-state index is -0.0264. The van der Waals surface area contributed by atoms with E-state index in [2.05, 4.69) is 4.98 Å². The van der Waals surface area contributed by atoms with Gasteiger partial charge in [0.15, 0.2) is 0 Å². The summed E-state index contributed by atoms with van der Waals surface area (Å²) in [6.07, 6.45) is 2.27. The highest BCUT2D eigenvalue weighted by Crippen LogP contribution is 2.23. The van der Waals surface area contributed by atoms with Crippen LogP contribution in [0.1, 0.15) is 16.8 Å². The average Bonchev–Trinajstić information content (AvgIpc) is 2.34. The smallest absolute Gasteiger partial charge is 0.0699 e. The predicted octanol–water partition coefficient (Wildman–Crippen LogP) is 3.47. The standard InChI is InChI=1S/C13H11Cl2NO/c14-11-3-4-12(15)10(6-11)7-13-9(8-17)2-1-5-16-13/h1-6,17H,7-8H2. The second kappa shape index (κ2) is 5.50. The lowest BCUT2D eigenvalue weighted by molar-refractivity contribution is 0.280. The summed E-state index contributed by atoms with van der Waals surface area (Å²) in [4.78, 5) is 4.25. The molecule has 1 heterocycles. The largest absolute Gasteiger partial charge is 0.392 e. The molecule has 1 N–H and O–H groups in total. The van der Waals surface area contributed by atoms with E-state index in [0.29, 0.717) is 16.5 Å². The minimum absolute atomic E-state index is 0.0264. The summed E-state index contributed by atoms with van der Waals surface area (Å²) in [5.74, 6) is 0. The molecule has 1 aromatic heterocycles. The highest BCUT2D eigenvalue weighted by atomic mass is 35.5. The average molecular weight is 268 g/mol. The first-order chi connectivity index (χ1) is 8.20. The number of pyridine rings is 1. The molecule has 2 aromatic rings. The first-order valence-electron chi connectivity index (χ1n) is 5.18. The number of hydrogen-bond acceptors (Lipinski definition) is 2. The van der Waals surface area contributed by atoms with E-state index in [9.17, 15) is 5.11 Å². The number of aliphatic hydroxyl groups excluding tert-OH is 1. The molecule has 1 aromatic carbocycles. The molecule has 0 atom stereocenters. The van der Waals surface area contributed by atoms with Crippen LogP contribution in [-0.2, 0) is 13.0 Å². The molecule has 0 spiro atoms. The highest BCUT2D eigenvalue weighted by Gasteiger charge is 2.07. The van der Waals surface area contributed by atoms with Gasteiger partial charge in [0.1, 0.15) is 0 Å². The second-order valence-electron chi connectivity index (χ2n) is 3.68. The summed E-state index contributed by atoms with van der Waals surface area (Å²) in [7, 11) is 0. The molecule has 2 rings (SSSR count). The fraction of sp³-hybridized carbons (Fsp3) is 0.154. The van der Waals surface area contributed by atoms with Crippen molar-refractivity contribution in [2.75, 3.05) is 0 Å². The van der Waals surface area contributed by atoms with Gasteiger partial charge in [0.25, 0.3) is 0 Å². The molecule has 0 radical (unpaired) electrons. The van der Waals surface area contributed by atoms with Crippen molar-refractivity contribution in [1.29, 1.82) is 0 Å². The van der Waals surface area contributed by atoms with E-state index in [0.717, 1.165) is 16.8 Å². The fourth-order valence-electron chi connectivity index (χ4n) is 1.63. The monoisotopic (exact) mass is 267 g/mol. The Morgan fingerprint density at radius 3 is 2.71 bits per heavy atom. The molecule has 0 aliphatic rings. The second-order valence-corrected chi connectivity index (χ2v) is 4.52. The van der Waals surface area contributed by atoms with Crippen LogP contribution in [0.5, 0.6) is 0 Å². The lowest BCUT2D eigenvalue weighted by Gasteiger charge is -2.08. The van der Waals surface area contributed by atoms with Gasteiger partial charge in [-0.25, -0.2) is 0 Å². The van der Waals surface area contributed by atoms with Crippen molar-refractivity contribution in [1.82, 2.24) is 4.98 Å². The van der Waals surface area contributed by atoms with E-state index >= 15 is 0 Å². The Labute approximate surface area is 110 Å². The van der Waals surface area contributed by atoms with E-state index < -0.39 is 0 Å². The zero-order valence-corrected chi connectivity index (χ0v) is 10.5. The molecule has 0 aliphatic carbocycles. The summed E-state index contributed by atoms with van der Waals surface area (Å²) in [5.41, 5.74) is 2.54. The Kier molecular flexibility index (Phi) is 4.00. The van der Waals surface area contributed by atoms with E-state index in [1.807, 2.05) is 12.1 Å². The van der Waals surface area contributed by atoms with Crippen LogP contribution in [0.25, 0.3) is 0 Å². The van der Waals surface area contributed by atoms with Gasteiger partial charge < -0.3 is 5.11 Å². The van der Waals surface area contributed by atoms with E-state index in [4.69, 9.17) is 23.2 Å². The van der Waals surface area contributed by atoms with E-state index in [1.54, 1.807) is 24.4 Å². The van der Waals surface area contributed by atoms with Crippen LogP contribution in [0.15, 0.2) is 36.5 Å². The third-order valence-corrected chi connectivity index (χ3v) is 3.12. The molecular weight excluding hydrogens is 257 g/mol. The molecule has 0 saturated carbocycles. The van der Waals surface area contributed by atoms with Crippen molar-refractivity contribution in [3.63, 3.8) is 0 Å². The van der Waals surface area contributed by atoms with Crippen LogP contribution in [-0.4, -0.2) is 10.1 Å². The topological polar surface area (TPSA) is 33.1 Å². The van der Waals surface area contributed by atoms with Crippen molar-refractivity contribution in [2.45, 2.75) is 13.0 Å². The van der Waals surface area contributed by atoms with Crippen molar-refractivity contribution < 1.29 is 5.11 Å². The number of rotatable bonds is 3. The van der Waals surface area contributed by atoms with Gasteiger partial charge in [-0.3, -0.25) is 4.98 Å². The third kappa shape index (κ3) is 2.97.